The molecule has 0 bridgehead atoms. The van der Waals surface area contributed by atoms with Crippen molar-refractivity contribution in [3.8, 4) is 0 Å². The lowest BCUT2D eigenvalue weighted by atomic mass is 10.00. The molecule has 0 aromatic carbocycles. The van der Waals surface area contributed by atoms with Gasteiger partial charge in [-0.25, -0.2) is 14.3 Å². The Morgan fingerprint density at radius 1 is 1.19 bits per heavy atom. The van der Waals surface area contributed by atoms with Crippen molar-refractivity contribution < 1.29 is 9.53 Å². The zero-order valence-corrected chi connectivity index (χ0v) is 15.8. The third-order valence-corrected chi connectivity index (χ3v) is 4.98. The summed E-state index contributed by atoms with van der Waals surface area (Å²) >= 11 is 0. The number of anilines is 1. The van der Waals surface area contributed by atoms with Crippen molar-refractivity contribution in [3.05, 3.63) is 24.0 Å². The molecule has 0 aliphatic carbocycles. The van der Waals surface area contributed by atoms with Crippen LogP contribution in [-0.2, 0) is 4.74 Å². The minimum atomic E-state index is -0.494. The Balaban J connectivity index is 1.60. The molecule has 0 N–H and O–H groups in total. The van der Waals surface area contributed by atoms with Crippen molar-refractivity contribution in [1.82, 2.24) is 19.5 Å². The number of likely N-dealkylation sites (tertiary alicyclic amines) is 1. The molecular weight excluding hydrogens is 330 g/mol. The number of carbonyl (C=O) groups excluding carboxylic acids is 1. The molecule has 2 saturated heterocycles. The fourth-order valence-electron chi connectivity index (χ4n) is 3.55. The fourth-order valence-corrected chi connectivity index (χ4v) is 3.55. The summed E-state index contributed by atoms with van der Waals surface area (Å²) in [5.41, 5.74) is 1.23. The third kappa shape index (κ3) is 3.34. The Labute approximate surface area is 153 Å². The minimum Gasteiger partial charge on any atom is -0.444 e. The smallest absolute Gasteiger partial charge is 0.410 e. The summed E-state index contributed by atoms with van der Waals surface area (Å²) < 4.78 is 7.41. The molecular formula is C19H27N5O2. The molecule has 0 unspecified atom stereocenters. The van der Waals surface area contributed by atoms with Crippen molar-refractivity contribution in [1.29, 1.82) is 0 Å². The lowest BCUT2D eigenvalue weighted by Gasteiger charge is -2.35. The highest BCUT2D eigenvalue weighted by Crippen LogP contribution is 2.32. The maximum Gasteiger partial charge on any atom is 0.410 e. The Kier molecular flexibility index (Phi) is 4.25. The van der Waals surface area contributed by atoms with E-state index in [9.17, 15) is 4.79 Å². The summed E-state index contributed by atoms with van der Waals surface area (Å²) in [5.74, 6) is 1.00. The van der Waals surface area contributed by atoms with Gasteiger partial charge in [-0.3, -0.25) is 4.90 Å². The number of ether oxygens (including phenoxy) is 1. The topological polar surface area (TPSA) is 63.0 Å². The monoisotopic (exact) mass is 357 g/mol. The van der Waals surface area contributed by atoms with E-state index in [1.807, 2.05) is 44.0 Å². The van der Waals surface area contributed by atoms with Crippen LogP contribution in [-0.4, -0.2) is 50.8 Å². The van der Waals surface area contributed by atoms with E-state index in [1.54, 1.807) is 4.52 Å². The van der Waals surface area contributed by atoms with E-state index in [1.165, 1.54) is 6.42 Å². The van der Waals surface area contributed by atoms with E-state index in [4.69, 9.17) is 14.8 Å². The second kappa shape index (κ2) is 6.45. The molecule has 2 fully saturated rings. The average Bonchev–Trinajstić information content (AvgIpc) is 2.95. The van der Waals surface area contributed by atoms with Gasteiger partial charge in [-0.15, -0.1) is 0 Å². The number of aromatic nitrogens is 3. The van der Waals surface area contributed by atoms with Crippen LogP contribution in [0.5, 0.6) is 0 Å². The van der Waals surface area contributed by atoms with Crippen LogP contribution in [0, 0.1) is 0 Å². The van der Waals surface area contributed by atoms with Gasteiger partial charge in [0.2, 0.25) is 0 Å². The summed E-state index contributed by atoms with van der Waals surface area (Å²) in [6.07, 6.45) is 5.92. The Bertz CT molecular complexity index is 806. The van der Waals surface area contributed by atoms with E-state index in [-0.39, 0.29) is 12.1 Å². The van der Waals surface area contributed by atoms with Gasteiger partial charge in [-0.2, -0.15) is 5.10 Å². The molecule has 2 aromatic rings. The zero-order valence-electron chi connectivity index (χ0n) is 15.8. The van der Waals surface area contributed by atoms with Gasteiger partial charge in [0.1, 0.15) is 11.4 Å². The first-order valence-corrected chi connectivity index (χ1v) is 9.52. The second-order valence-corrected chi connectivity index (χ2v) is 8.18. The van der Waals surface area contributed by atoms with Crippen LogP contribution in [0.4, 0.5) is 10.6 Å². The van der Waals surface area contributed by atoms with Crippen LogP contribution in [0.2, 0.25) is 0 Å². The molecule has 140 valence electrons. The first-order chi connectivity index (χ1) is 12.4. The predicted molar refractivity (Wildman–Crippen MR) is 99.3 cm³/mol. The standard InChI is InChI=1S/C19H27N5O2/c1-19(2,3)26-18(25)23-11-5-4-7-15(23)14-13-17-20-16(22-9-6-10-22)8-12-24(17)21-14/h8,12-13,15H,4-7,9-11H2,1-3H3/t15-/m0/s1. The molecule has 1 amide bonds. The molecule has 26 heavy (non-hydrogen) atoms. The highest BCUT2D eigenvalue weighted by atomic mass is 16.6. The van der Waals surface area contributed by atoms with E-state index < -0.39 is 5.60 Å². The van der Waals surface area contributed by atoms with Crippen LogP contribution in [0.25, 0.3) is 5.65 Å². The Morgan fingerprint density at radius 2 is 2.00 bits per heavy atom. The second-order valence-electron chi connectivity index (χ2n) is 8.18. The lowest BCUT2D eigenvalue weighted by Crippen LogP contribution is -2.42. The van der Waals surface area contributed by atoms with Gasteiger partial charge in [0, 0.05) is 31.9 Å². The van der Waals surface area contributed by atoms with E-state index in [0.717, 1.165) is 49.5 Å². The van der Waals surface area contributed by atoms with Crippen LogP contribution >= 0.6 is 0 Å². The van der Waals surface area contributed by atoms with E-state index >= 15 is 0 Å². The third-order valence-electron chi connectivity index (χ3n) is 4.98. The van der Waals surface area contributed by atoms with E-state index in [0.29, 0.717) is 6.54 Å². The summed E-state index contributed by atoms with van der Waals surface area (Å²) in [7, 11) is 0. The quantitative estimate of drug-likeness (QED) is 0.824. The minimum absolute atomic E-state index is 0.0484. The highest BCUT2D eigenvalue weighted by Gasteiger charge is 2.33. The number of hydrogen-bond donors (Lipinski definition) is 0. The van der Waals surface area contributed by atoms with Gasteiger partial charge in [0.05, 0.1) is 11.7 Å². The van der Waals surface area contributed by atoms with Gasteiger partial charge in [0.15, 0.2) is 5.65 Å². The van der Waals surface area contributed by atoms with Crippen molar-refractivity contribution in [2.75, 3.05) is 24.5 Å². The van der Waals surface area contributed by atoms with Crippen molar-refractivity contribution >= 4 is 17.6 Å². The van der Waals surface area contributed by atoms with Gasteiger partial charge < -0.3 is 9.64 Å². The molecule has 1 atom stereocenters. The molecule has 0 radical (unpaired) electrons. The molecule has 0 saturated carbocycles. The fraction of sp³-hybridized carbons (Fsp3) is 0.632. The number of piperidine rings is 1. The number of rotatable bonds is 2. The van der Waals surface area contributed by atoms with Gasteiger partial charge in [-0.1, -0.05) is 0 Å². The van der Waals surface area contributed by atoms with Gasteiger partial charge in [0.25, 0.3) is 0 Å². The van der Waals surface area contributed by atoms with Crippen molar-refractivity contribution in [2.24, 2.45) is 0 Å². The van der Waals surface area contributed by atoms with Crippen LogP contribution in [0.3, 0.4) is 0 Å². The van der Waals surface area contributed by atoms with Gasteiger partial charge in [-0.05, 0) is 52.5 Å². The molecule has 2 aromatic heterocycles. The molecule has 4 rings (SSSR count). The molecule has 2 aliphatic heterocycles. The number of amides is 1. The number of hydrogen-bond acceptors (Lipinski definition) is 5. The van der Waals surface area contributed by atoms with Crippen molar-refractivity contribution in [3.63, 3.8) is 0 Å². The molecule has 7 heteroatoms. The largest absolute Gasteiger partial charge is 0.444 e. The van der Waals surface area contributed by atoms with Gasteiger partial charge >= 0.3 is 6.09 Å². The normalized spacial score (nSPS) is 21.0. The lowest BCUT2D eigenvalue weighted by molar-refractivity contribution is 0.00898. The number of fused-ring (bicyclic) bond motifs is 1. The van der Waals surface area contributed by atoms with E-state index in [2.05, 4.69) is 4.90 Å². The van der Waals surface area contributed by atoms with Crippen LogP contribution < -0.4 is 4.90 Å². The summed E-state index contributed by atoms with van der Waals surface area (Å²) in [6.45, 7) is 8.54. The first kappa shape index (κ1) is 17.1. The summed E-state index contributed by atoms with van der Waals surface area (Å²) in [6, 6.07) is 3.97. The Morgan fingerprint density at radius 3 is 2.69 bits per heavy atom. The predicted octanol–water partition coefficient (Wildman–Crippen LogP) is 3.40. The molecule has 2 aliphatic rings. The van der Waals surface area contributed by atoms with Crippen LogP contribution in [0.15, 0.2) is 18.3 Å². The van der Waals surface area contributed by atoms with Crippen LogP contribution in [0.1, 0.15) is 58.2 Å². The number of nitrogens with zero attached hydrogens (tertiary/aromatic N) is 5. The first-order valence-electron chi connectivity index (χ1n) is 9.52. The molecule has 0 spiro atoms. The molecule has 7 nitrogen and oxygen atoms in total. The number of carbonyl (C=O) groups is 1. The maximum absolute atomic E-state index is 12.6. The highest BCUT2D eigenvalue weighted by molar-refractivity contribution is 5.69. The maximum atomic E-state index is 12.6. The summed E-state index contributed by atoms with van der Waals surface area (Å²) in [4.78, 5) is 21.5. The summed E-state index contributed by atoms with van der Waals surface area (Å²) in [5, 5.41) is 4.70. The SMILES string of the molecule is CC(C)(C)OC(=O)N1CCCC[C@H]1c1cc2nc(N3CCC3)ccn2n1. The Hall–Kier alpha value is -2.31. The average molecular weight is 357 g/mol. The van der Waals surface area contributed by atoms with Crippen molar-refractivity contribution in [2.45, 2.75) is 58.1 Å². The molecule has 4 heterocycles. The zero-order chi connectivity index (χ0) is 18.3.